The maximum absolute atomic E-state index is 13.0. The Morgan fingerprint density at radius 1 is 1.04 bits per heavy atom. The molecule has 0 aliphatic heterocycles. The van der Waals surface area contributed by atoms with Crippen LogP contribution in [0.1, 0.15) is 15.9 Å². The van der Waals surface area contributed by atoms with Gasteiger partial charge in [0.25, 0.3) is 11.5 Å². The molecule has 2 aromatic carbocycles. The monoisotopic (exact) mass is 356 g/mol. The van der Waals surface area contributed by atoms with Gasteiger partial charge in [0.05, 0.1) is 0 Å². The van der Waals surface area contributed by atoms with Gasteiger partial charge in [-0.05, 0) is 53.6 Å². The number of amides is 1. The summed E-state index contributed by atoms with van der Waals surface area (Å²) in [5.74, 6) is -0.853. The van der Waals surface area contributed by atoms with Crippen molar-refractivity contribution < 1.29 is 9.18 Å². The molecular formula is C19H14ClFN2O2. The van der Waals surface area contributed by atoms with Gasteiger partial charge in [-0.25, -0.2) is 4.39 Å². The van der Waals surface area contributed by atoms with Crippen molar-refractivity contribution in [2.75, 3.05) is 0 Å². The Labute approximate surface area is 148 Å². The number of hydrogen-bond donors (Lipinski definition) is 2. The summed E-state index contributed by atoms with van der Waals surface area (Å²) >= 11 is 6.04. The van der Waals surface area contributed by atoms with Crippen LogP contribution in [0.2, 0.25) is 5.02 Å². The molecule has 4 nitrogen and oxygen atoms in total. The number of carbonyl (C=O) groups excluding carboxylic acids is 1. The van der Waals surface area contributed by atoms with Crippen LogP contribution in [0.5, 0.6) is 0 Å². The SMILES string of the molecule is O=C(NCc1ccccc1Cl)c1ccc(-c2ccc(F)cc2)[nH]c1=O. The molecule has 0 bridgehead atoms. The van der Waals surface area contributed by atoms with E-state index in [0.717, 1.165) is 5.56 Å². The average Bonchev–Trinajstić information content (AvgIpc) is 2.61. The first-order valence-electron chi connectivity index (χ1n) is 7.55. The normalized spacial score (nSPS) is 10.5. The molecule has 1 amide bonds. The Hall–Kier alpha value is -2.92. The molecule has 0 saturated heterocycles. The van der Waals surface area contributed by atoms with Crippen molar-refractivity contribution in [3.63, 3.8) is 0 Å². The van der Waals surface area contributed by atoms with Crippen LogP contribution in [0.3, 0.4) is 0 Å². The van der Waals surface area contributed by atoms with Crippen molar-refractivity contribution in [2.45, 2.75) is 6.54 Å². The Bertz CT molecular complexity index is 968. The number of pyridine rings is 1. The zero-order valence-corrected chi connectivity index (χ0v) is 13.8. The predicted octanol–water partition coefficient (Wildman–Crippen LogP) is 3.76. The van der Waals surface area contributed by atoms with Crippen LogP contribution in [0.4, 0.5) is 4.39 Å². The summed E-state index contributed by atoms with van der Waals surface area (Å²) in [7, 11) is 0. The molecule has 0 aliphatic carbocycles. The lowest BCUT2D eigenvalue weighted by atomic mass is 10.1. The molecule has 126 valence electrons. The Kier molecular flexibility index (Phi) is 4.95. The van der Waals surface area contributed by atoms with Crippen LogP contribution in [-0.2, 0) is 6.54 Å². The van der Waals surface area contributed by atoms with Crippen molar-refractivity contribution in [1.82, 2.24) is 10.3 Å². The molecule has 0 aliphatic rings. The Balaban J connectivity index is 1.76. The van der Waals surface area contributed by atoms with Crippen LogP contribution < -0.4 is 10.9 Å². The molecule has 0 fully saturated rings. The highest BCUT2D eigenvalue weighted by atomic mass is 35.5. The van der Waals surface area contributed by atoms with Gasteiger partial charge in [-0.1, -0.05) is 29.8 Å². The van der Waals surface area contributed by atoms with Gasteiger partial charge in [-0.15, -0.1) is 0 Å². The number of halogens is 2. The quantitative estimate of drug-likeness (QED) is 0.747. The van der Waals surface area contributed by atoms with Crippen molar-refractivity contribution >= 4 is 17.5 Å². The highest BCUT2D eigenvalue weighted by Gasteiger charge is 2.12. The standard InChI is InChI=1S/C19H14ClFN2O2/c20-16-4-2-1-3-13(16)11-22-18(24)15-9-10-17(23-19(15)25)12-5-7-14(21)8-6-12/h1-10H,11H2,(H,22,24)(H,23,25). The maximum Gasteiger partial charge on any atom is 0.261 e. The Morgan fingerprint density at radius 3 is 2.44 bits per heavy atom. The highest BCUT2D eigenvalue weighted by molar-refractivity contribution is 6.31. The third kappa shape index (κ3) is 3.95. The highest BCUT2D eigenvalue weighted by Crippen LogP contribution is 2.17. The topological polar surface area (TPSA) is 62.0 Å². The average molecular weight is 357 g/mol. The van der Waals surface area contributed by atoms with E-state index in [-0.39, 0.29) is 17.9 Å². The summed E-state index contributed by atoms with van der Waals surface area (Å²) in [6.07, 6.45) is 0. The van der Waals surface area contributed by atoms with Crippen molar-refractivity contribution in [2.24, 2.45) is 0 Å². The summed E-state index contributed by atoms with van der Waals surface area (Å²) in [6.45, 7) is 0.220. The molecule has 25 heavy (non-hydrogen) atoms. The fraction of sp³-hybridized carbons (Fsp3) is 0.0526. The Morgan fingerprint density at radius 2 is 1.76 bits per heavy atom. The van der Waals surface area contributed by atoms with Crippen LogP contribution >= 0.6 is 11.6 Å². The molecule has 3 rings (SSSR count). The van der Waals surface area contributed by atoms with E-state index in [1.165, 1.54) is 18.2 Å². The second kappa shape index (κ2) is 7.32. The number of nitrogens with one attached hydrogen (secondary N) is 2. The lowest BCUT2D eigenvalue weighted by Crippen LogP contribution is -2.29. The second-order valence-electron chi connectivity index (χ2n) is 5.40. The number of carbonyl (C=O) groups is 1. The molecule has 0 spiro atoms. The smallest absolute Gasteiger partial charge is 0.261 e. The van der Waals surface area contributed by atoms with Crippen LogP contribution in [-0.4, -0.2) is 10.9 Å². The van der Waals surface area contributed by atoms with E-state index in [9.17, 15) is 14.0 Å². The van der Waals surface area contributed by atoms with Crippen molar-refractivity contribution in [1.29, 1.82) is 0 Å². The van der Waals surface area contributed by atoms with E-state index in [1.807, 2.05) is 6.07 Å². The third-order valence-electron chi connectivity index (χ3n) is 3.71. The van der Waals surface area contributed by atoms with Gasteiger partial charge in [0.1, 0.15) is 11.4 Å². The van der Waals surface area contributed by atoms with E-state index in [4.69, 9.17) is 11.6 Å². The van der Waals surface area contributed by atoms with E-state index in [0.29, 0.717) is 16.3 Å². The molecule has 0 atom stereocenters. The molecule has 3 aromatic rings. The van der Waals surface area contributed by atoms with E-state index in [2.05, 4.69) is 10.3 Å². The summed E-state index contributed by atoms with van der Waals surface area (Å²) in [4.78, 5) is 27.0. The molecule has 0 radical (unpaired) electrons. The number of hydrogen-bond acceptors (Lipinski definition) is 2. The number of H-pyrrole nitrogens is 1. The van der Waals surface area contributed by atoms with E-state index in [1.54, 1.807) is 36.4 Å². The molecular weight excluding hydrogens is 343 g/mol. The lowest BCUT2D eigenvalue weighted by Gasteiger charge is -2.07. The molecule has 1 heterocycles. The zero-order chi connectivity index (χ0) is 17.8. The molecule has 6 heteroatoms. The number of aromatic amines is 1. The van der Waals surface area contributed by atoms with Gasteiger partial charge in [0.2, 0.25) is 0 Å². The first kappa shape index (κ1) is 16.9. The van der Waals surface area contributed by atoms with Gasteiger partial charge in [0.15, 0.2) is 0 Å². The molecule has 0 saturated carbocycles. The van der Waals surface area contributed by atoms with Crippen LogP contribution in [0, 0.1) is 5.82 Å². The predicted molar refractivity (Wildman–Crippen MR) is 95.1 cm³/mol. The summed E-state index contributed by atoms with van der Waals surface area (Å²) in [5, 5.41) is 3.22. The molecule has 2 N–H and O–H groups in total. The van der Waals surface area contributed by atoms with Gasteiger partial charge >= 0.3 is 0 Å². The largest absolute Gasteiger partial charge is 0.348 e. The summed E-state index contributed by atoms with van der Waals surface area (Å²) in [5.41, 5.74) is 1.41. The zero-order valence-electron chi connectivity index (χ0n) is 13.1. The van der Waals surface area contributed by atoms with Crippen LogP contribution in [0.25, 0.3) is 11.3 Å². The van der Waals surface area contributed by atoms with E-state index >= 15 is 0 Å². The van der Waals surface area contributed by atoms with E-state index < -0.39 is 11.5 Å². The molecule has 1 aromatic heterocycles. The van der Waals surface area contributed by atoms with Crippen LogP contribution in [0.15, 0.2) is 65.5 Å². The minimum absolute atomic E-state index is 0.00193. The van der Waals surface area contributed by atoms with Gasteiger partial charge in [-0.3, -0.25) is 9.59 Å². The first-order chi connectivity index (χ1) is 12.0. The summed E-state index contributed by atoms with van der Waals surface area (Å²) < 4.78 is 13.0. The number of aromatic nitrogens is 1. The van der Waals surface area contributed by atoms with Crippen molar-refractivity contribution in [3.8, 4) is 11.3 Å². The van der Waals surface area contributed by atoms with Crippen molar-refractivity contribution in [3.05, 3.63) is 93.0 Å². The number of rotatable bonds is 4. The van der Waals surface area contributed by atoms with Gasteiger partial charge in [-0.2, -0.15) is 0 Å². The van der Waals surface area contributed by atoms with Gasteiger partial charge < -0.3 is 10.3 Å². The minimum atomic E-state index is -0.515. The fourth-order valence-corrected chi connectivity index (χ4v) is 2.57. The summed E-state index contributed by atoms with van der Waals surface area (Å²) in [6, 6.07) is 15.9. The second-order valence-corrected chi connectivity index (χ2v) is 5.80. The first-order valence-corrected chi connectivity index (χ1v) is 7.93. The maximum atomic E-state index is 13.0. The fourth-order valence-electron chi connectivity index (χ4n) is 2.36. The minimum Gasteiger partial charge on any atom is -0.348 e. The lowest BCUT2D eigenvalue weighted by molar-refractivity contribution is 0.0949. The van der Waals surface area contributed by atoms with Gasteiger partial charge in [0, 0.05) is 17.3 Å². The number of benzene rings is 2. The molecule has 0 unspecified atom stereocenters. The third-order valence-corrected chi connectivity index (χ3v) is 4.08.